The van der Waals surface area contributed by atoms with E-state index in [2.05, 4.69) is 29.9 Å². The Morgan fingerprint density at radius 1 is 1.57 bits per heavy atom. The molecule has 1 heterocycles. The molecule has 0 fully saturated rings. The standard InChI is InChI=1S/C11H15ClN2/c1-4-8(2)10-5-6-13-11(10)7-14-9(3)12/h5-7,13H,4H2,1-3H3/b10-8+,11-7+,14-9+. The van der Waals surface area contributed by atoms with Crippen molar-refractivity contribution in [1.29, 1.82) is 0 Å². The summed E-state index contributed by atoms with van der Waals surface area (Å²) < 4.78 is 0. The van der Waals surface area contributed by atoms with Gasteiger partial charge in [-0.15, -0.1) is 0 Å². The minimum Gasteiger partial charge on any atom is -0.360 e. The van der Waals surface area contributed by atoms with Crippen LogP contribution in [0.4, 0.5) is 0 Å². The van der Waals surface area contributed by atoms with Crippen LogP contribution >= 0.6 is 11.6 Å². The highest BCUT2D eigenvalue weighted by atomic mass is 35.5. The molecule has 0 saturated carbocycles. The van der Waals surface area contributed by atoms with Crippen LogP contribution in [0.2, 0.25) is 0 Å². The molecule has 76 valence electrons. The Morgan fingerprint density at radius 3 is 2.86 bits per heavy atom. The van der Waals surface area contributed by atoms with Crippen molar-refractivity contribution < 1.29 is 0 Å². The molecule has 0 aliphatic heterocycles. The van der Waals surface area contributed by atoms with Crippen LogP contribution in [0.3, 0.4) is 0 Å². The number of aromatic nitrogens is 1. The Hall–Kier alpha value is -1.02. The van der Waals surface area contributed by atoms with E-state index in [1.54, 1.807) is 13.1 Å². The number of rotatable bonds is 2. The summed E-state index contributed by atoms with van der Waals surface area (Å²) in [6, 6.07) is 2.06. The second-order valence-electron chi connectivity index (χ2n) is 3.19. The lowest BCUT2D eigenvalue weighted by molar-refractivity contribution is 1.19. The van der Waals surface area contributed by atoms with Gasteiger partial charge in [0.1, 0.15) is 5.17 Å². The van der Waals surface area contributed by atoms with E-state index in [0.29, 0.717) is 5.17 Å². The summed E-state index contributed by atoms with van der Waals surface area (Å²) in [5.74, 6) is 0. The first-order valence-corrected chi connectivity index (χ1v) is 5.06. The molecule has 14 heavy (non-hydrogen) atoms. The van der Waals surface area contributed by atoms with Crippen molar-refractivity contribution in [1.82, 2.24) is 4.98 Å². The van der Waals surface area contributed by atoms with Gasteiger partial charge in [0.15, 0.2) is 0 Å². The van der Waals surface area contributed by atoms with Crippen molar-refractivity contribution >= 4 is 28.5 Å². The molecular weight excluding hydrogens is 196 g/mol. The lowest BCUT2D eigenvalue weighted by Crippen LogP contribution is -2.23. The summed E-state index contributed by atoms with van der Waals surface area (Å²) in [5.41, 5.74) is 1.35. The van der Waals surface area contributed by atoms with Gasteiger partial charge in [-0.2, -0.15) is 0 Å². The average molecular weight is 211 g/mol. The van der Waals surface area contributed by atoms with Gasteiger partial charge in [0, 0.05) is 6.20 Å². The van der Waals surface area contributed by atoms with Crippen molar-refractivity contribution in [3.63, 3.8) is 0 Å². The van der Waals surface area contributed by atoms with E-state index in [4.69, 9.17) is 11.6 Å². The maximum Gasteiger partial charge on any atom is 0.103 e. The number of hydrogen-bond donors (Lipinski definition) is 1. The van der Waals surface area contributed by atoms with E-state index in [-0.39, 0.29) is 0 Å². The molecule has 1 rings (SSSR count). The van der Waals surface area contributed by atoms with Crippen LogP contribution in [0.1, 0.15) is 27.2 Å². The largest absolute Gasteiger partial charge is 0.360 e. The van der Waals surface area contributed by atoms with E-state index in [0.717, 1.165) is 11.8 Å². The Morgan fingerprint density at radius 2 is 2.29 bits per heavy atom. The molecule has 0 spiro atoms. The van der Waals surface area contributed by atoms with Crippen molar-refractivity contribution in [2.45, 2.75) is 27.2 Å². The maximum atomic E-state index is 5.66. The van der Waals surface area contributed by atoms with E-state index in [1.165, 1.54) is 10.8 Å². The second-order valence-corrected chi connectivity index (χ2v) is 3.74. The smallest absolute Gasteiger partial charge is 0.103 e. The van der Waals surface area contributed by atoms with E-state index in [1.807, 2.05) is 6.20 Å². The fourth-order valence-electron chi connectivity index (χ4n) is 1.21. The minimum atomic E-state index is 0.541. The van der Waals surface area contributed by atoms with Crippen molar-refractivity contribution in [3.05, 3.63) is 22.8 Å². The molecule has 0 saturated heterocycles. The van der Waals surface area contributed by atoms with E-state index in [9.17, 15) is 0 Å². The summed E-state index contributed by atoms with van der Waals surface area (Å²) in [5, 5.41) is 2.78. The Balaban J connectivity index is 3.32. The van der Waals surface area contributed by atoms with Gasteiger partial charge in [0.05, 0.1) is 11.5 Å². The summed E-state index contributed by atoms with van der Waals surface area (Å²) in [6.45, 7) is 6.02. The first-order chi connectivity index (χ1) is 6.65. The van der Waals surface area contributed by atoms with Gasteiger partial charge in [-0.1, -0.05) is 24.1 Å². The Kier molecular flexibility index (Phi) is 3.96. The molecule has 1 aromatic heterocycles. The topological polar surface area (TPSA) is 28.1 Å². The highest BCUT2D eigenvalue weighted by molar-refractivity contribution is 6.65. The van der Waals surface area contributed by atoms with Crippen LogP contribution in [0.5, 0.6) is 0 Å². The van der Waals surface area contributed by atoms with Gasteiger partial charge in [-0.05, 0) is 31.6 Å². The number of nitrogens with one attached hydrogen (secondary N) is 1. The maximum absolute atomic E-state index is 5.66. The molecule has 1 aromatic rings. The number of aliphatic imine (C=N–C) groups is 1. The Bertz CT molecular complexity index is 436. The quantitative estimate of drug-likeness (QED) is 0.724. The van der Waals surface area contributed by atoms with E-state index < -0.39 is 0 Å². The van der Waals surface area contributed by atoms with Crippen LogP contribution in [0, 0.1) is 0 Å². The summed E-state index contributed by atoms with van der Waals surface area (Å²) in [7, 11) is 0. The molecule has 0 aliphatic rings. The molecule has 0 amide bonds. The molecule has 3 heteroatoms. The average Bonchev–Trinajstić information content (AvgIpc) is 2.61. The molecule has 0 unspecified atom stereocenters. The summed E-state index contributed by atoms with van der Waals surface area (Å²) >= 11 is 5.66. The zero-order valence-corrected chi connectivity index (χ0v) is 9.52. The monoisotopic (exact) mass is 210 g/mol. The molecule has 0 atom stereocenters. The minimum absolute atomic E-state index is 0.541. The van der Waals surface area contributed by atoms with Crippen molar-refractivity contribution in [2.24, 2.45) is 4.99 Å². The van der Waals surface area contributed by atoms with Crippen LogP contribution in [0.25, 0.3) is 11.8 Å². The predicted octanol–water partition coefficient (Wildman–Crippen LogP) is 1.99. The van der Waals surface area contributed by atoms with Crippen LogP contribution in [-0.4, -0.2) is 10.2 Å². The summed E-state index contributed by atoms with van der Waals surface area (Å²) in [6.07, 6.45) is 4.72. The highest BCUT2D eigenvalue weighted by Gasteiger charge is 1.90. The van der Waals surface area contributed by atoms with Crippen LogP contribution in [0.15, 0.2) is 17.3 Å². The van der Waals surface area contributed by atoms with Gasteiger partial charge in [0.25, 0.3) is 0 Å². The molecule has 2 nitrogen and oxygen atoms in total. The number of hydrogen-bond acceptors (Lipinski definition) is 1. The van der Waals surface area contributed by atoms with Crippen molar-refractivity contribution in [3.8, 4) is 0 Å². The molecule has 0 bridgehead atoms. The number of aromatic amines is 1. The second kappa shape index (κ2) is 5.01. The fraction of sp³-hybridized carbons (Fsp3) is 0.364. The molecule has 1 N–H and O–H groups in total. The normalized spacial score (nSPS) is 16.0. The SMILES string of the molecule is CC\C(C)=c1/cc[nH]/c1=C/N=C(\C)Cl. The third-order valence-corrected chi connectivity index (χ3v) is 2.24. The third kappa shape index (κ3) is 2.74. The van der Waals surface area contributed by atoms with Crippen LogP contribution in [-0.2, 0) is 0 Å². The highest BCUT2D eigenvalue weighted by Crippen LogP contribution is 1.93. The molecule has 0 aliphatic carbocycles. The van der Waals surface area contributed by atoms with Crippen LogP contribution < -0.4 is 10.6 Å². The number of H-pyrrole nitrogens is 1. The zero-order chi connectivity index (χ0) is 10.6. The zero-order valence-electron chi connectivity index (χ0n) is 8.76. The lowest BCUT2D eigenvalue weighted by atomic mass is 10.2. The van der Waals surface area contributed by atoms with Gasteiger partial charge >= 0.3 is 0 Å². The first-order valence-electron chi connectivity index (χ1n) is 4.68. The Labute approximate surface area is 89.0 Å². The predicted molar refractivity (Wildman–Crippen MR) is 62.8 cm³/mol. The number of halogens is 1. The van der Waals surface area contributed by atoms with Crippen molar-refractivity contribution in [2.75, 3.05) is 0 Å². The van der Waals surface area contributed by atoms with Gasteiger partial charge < -0.3 is 4.98 Å². The van der Waals surface area contributed by atoms with Gasteiger partial charge in [0.2, 0.25) is 0 Å². The van der Waals surface area contributed by atoms with Gasteiger partial charge in [-0.25, -0.2) is 4.99 Å². The number of nitrogens with zero attached hydrogens (tertiary/aromatic N) is 1. The third-order valence-electron chi connectivity index (χ3n) is 2.14. The first kappa shape index (κ1) is 11.1. The lowest BCUT2D eigenvalue weighted by Gasteiger charge is -1.90. The molecular formula is C11H15ClN2. The van der Waals surface area contributed by atoms with E-state index >= 15 is 0 Å². The fourth-order valence-corrected chi connectivity index (χ4v) is 1.25. The molecule has 0 aromatic carbocycles. The summed E-state index contributed by atoms with van der Waals surface area (Å²) in [4.78, 5) is 7.19. The van der Waals surface area contributed by atoms with Gasteiger partial charge in [-0.3, -0.25) is 0 Å². The molecule has 0 radical (unpaired) electrons.